The summed E-state index contributed by atoms with van der Waals surface area (Å²) in [6, 6.07) is 0. The smallest absolute Gasteiger partial charge is 0.370 e. The van der Waals surface area contributed by atoms with Crippen molar-refractivity contribution in [3.63, 3.8) is 0 Å². The van der Waals surface area contributed by atoms with Crippen LogP contribution in [0.25, 0.3) is 0 Å². The minimum absolute atomic E-state index is 0.620. The Morgan fingerprint density at radius 1 is 1.33 bits per heavy atom. The molecule has 0 saturated carbocycles. The summed E-state index contributed by atoms with van der Waals surface area (Å²) in [4.78, 5) is 0. The molecule has 0 heterocycles. The van der Waals surface area contributed by atoms with Crippen molar-refractivity contribution in [2.24, 2.45) is 0 Å². The highest BCUT2D eigenvalue weighted by Crippen LogP contribution is 2.29. The molecular formula is C3H4Cl4O4S. The quantitative estimate of drug-likeness (QED) is 0.479. The average molecular weight is 278 g/mol. The van der Waals surface area contributed by atoms with E-state index in [0.717, 1.165) is 0 Å². The fourth-order valence-electron chi connectivity index (χ4n) is 0.0860. The molecular weight excluding hydrogens is 274 g/mol. The third kappa shape index (κ3) is 46.1. The third-order valence-corrected chi connectivity index (χ3v) is 0.569. The lowest BCUT2D eigenvalue weighted by molar-refractivity contribution is 0.357. The van der Waals surface area contributed by atoms with Crippen molar-refractivity contribution >= 4 is 56.8 Å². The second kappa shape index (κ2) is 6.12. The van der Waals surface area contributed by atoms with Crippen LogP contribution in [0.3, 0.4) is 0 Å². The van der Waals surface area contributed by atoms with Crippen LogP contribution in [-0.4, -0.2) is 16.2 Å². The maximum atomic E-state index is 9.49. The maximum Gasteiger partial charge on any atom is 0.445 e. The van der Waals surface area contributed by atoms with Gasteiger partial charge in [0.15, 0.2) is 0 Å². The van der Waals surface area contributed by atoms with Gasteiger partial charge in [-0.3, -0.25) is 4.55 Å². The normalized spacial score (nSPS) is 11.1. The molecule has 0 fully saturated rings. The fourth-order valence-corrected chi connectivity index (χ4v) is 0.258. The second-order valence-corrected chi connectivity index (χ2v) is 5.60. The summed E-state index contributed by atoms with van der Waals surface area (Å²) in [5.74, 6) is 0. The van der Waals surface area contributed by atoms with Gasteiger partial charge in [0.25, 0.3) is 3.25 Å². The summed E-state index contributed by atoms with van der Waals surface area (Å²) >= 11 is 19.3. The molecule has 12 heavy (non-hydrogen) atoms. The average Bonchev–Trinajstić information content (AvgIpc) is 1.54. The predicted molar refractivity (Wildman–Crippen MR) is 49.0 cm³/mol. The molecule has 74 valence electrons. The molecule has 1 N–H and O–H groups in total. The topological polar surface area (TPSA) is 63.6 Å². The zero-order chi connectivity index (χ0) is 10.4. The van der Waals surface area contributed by atoms with E-state index >= 15 is 0 Å². The zero-order valence-electron chi connectivity index (χ0n) is 5.38. The first-order valence-corrected chi connectivity index (χ1v) is 4.96. The van der Waals surface area contributed by atoms with Gasteiger partial charge in [0.1, 0.15) is 6.26 Å². The maximum absolute atomic E-state index is 9.49. The minimum atomic E-state index is -4.29. The van der Waals surface area contributed by atoms with Crippen molar-refractivity contribution in [2.45, 2.75) is 3.25 Å². The third-order valence-electron chi connectivity index (χ3n) is 0.190. The van der Waals surface area contributed by atoms with Gasteiger partial charge in [-0.25, -0.2) is 0 Å². The molecule has 0 aliphatic heterocycles. The lowest BCUT2D eigenvalue weighted by Gasteiger charge is -1.91. The molecule has 0 spiro atoms. The van der Waals surface area contributed by atoms with Gasteiger partial charge in [-0.15, -0.1) is 0 Å². The standard InChI is InChI=1S/C2H4O4S.CCl4/c1-2-6-7(3,4)5;2-1(3,4)5/h2H,1H2,(H,3,4,5);. The van der Waals surface area contributed by atoms with E-state index < -0.39 is 13.7 Å². The Labute approximate surface area is 89.9 Å². The van der Waals surface area contributed by atoms with Gasteiger partial charge in [0, 0.05) is 0 Å². The van der Waals surface area contributed by atoms with E-state index in [1.54, 1.807) is 0 Å². The largest absolute Gasteiger partial charge is 0.445 e. The van der Waals surface area contributed by atoms with E-state index in [0.29, 0.717) is 6.26 Å². The molecule has 0 aromatic rings. The van der Waals surface area contributed by atoms with Gasteiger partial charge in [-0.2, -0.15) is 8.42 Å². The molecule has 0 unspecified atom stereocenters. The van der Waals surface area contributed by atoms with Crippen LogP contribution in [0.2, 0.25) is 0 Å². The first-order valence-electron chi connectivity index (χ1n) is 2.08. The van der Waals surface area contributed by atoms with Gasteiger partial charge in [-0.05, 0) is 0 Å². The van der Waals surface area contributed by atoms with E-state index in [2.05, 4.69) is 10.8 Å². The van der Waals surface area contributed by atoms with Gasteiger partial charge in [-0.1, -0.05) is 53.0 Å². The van der Waals surface area contributed by atoms with Crippen LogP contribution < -0.4 is 0 Å². The molecule has 0 rings (SSSR count). The number of rotatable bonds is 2. The number of alkyl halides is 4. The molecule has 0 amide bonds. The highest BCUT2D eigenvalue weighted by molar-refractivity contribution is 7.81. The summed E-state index contributed by atoms with van der Waals surface area (Å²) in [7, 11) is -4.29. The lowest BCUT2D eigenvalue weighted by atomic mass is 11.2. The highest BCUT2D eigenvalue weighted by Gasteiger charge is 2.11. The summed E-state index contributed by atoms with van der Waals surface area (Å²) in [5, 5.41) is 0. The van der Waals surface area contributed by atoms with Crippen LogP contribution in [-0.2, 0) is 14.6 Å². The predicted octanol–water partition coefficient (Wildman–Crippen LogP) is 2.50. The van der Waals surface area contributed by atoms with E-state index in [9.17, 15) is 8.42 Å². The van der Waals surface area contributed by atoms with E-state index in [1.807, 2.05) is 0 Å². The SMILES string of the molecule is C=COS(=O)(=O)O.ClC(Cl)(Cl)Cl. The summed E-state index contributed by atoms with van der Waals surface area (Å²) in [6.07, 6.45) is 0.620. The summed E-state index contributed by atoms with van der Waals surface area (Å²) in [5.41, 5.74) is 0. The first kappa shape index (κ1) is 15.1. The van der Waals surface area contributed by atoms with Crippen molar-refractivity contribution < 1.29 is 17.2 Å². The molecule has 0 aromatic carbocycles. The summed E-state index contributed by atoms with van der Waals surface area (Å²) in [6.45, 7) is 2.88. The summed E-state index contributed by atoms with van der Waals surface area (Å²) < 4.78 is 28.6. The number of hydrogen-bond acceptors (Lipinski definition) is 3. The molecule has 0 aliphatic rings. The van der Waals surface area contributed by atoms with Gasteiger partial charge < -0.3 is 4.18 Å². The van der Waals surface area contributed by atoms with Crippen LogP contribution in [0.1, 0.15) is 0 Å². The van der Waals surface area contributed by atoms with Gasteiger partial charge in [0.2, 0.25) is 0 Å². The van der Waals surface area contributed by atoms with Gasteiger partial charge in [0.05, 0.1) is 0 Å². The van der Waals surface area contributed by atoms with Crippen molar-refractivity contribution in [3.8, 4) is 0 Å². The van der Waals surface area contributed by atoms with Crippen molar-refractivity contribution in [2.75, 3.05) is 0 Å². The lowest BCUT2D eigenvalue weighted by Crippen LogP contribution is -1.96. The Kier molecular flexibility index (Phi) is 7.70. The van der Waals surface area contributed by atoms with Crippen LogP contribution in [0.5, 0.6) is 0 Å². The van der Waals surface area contributed by atoms with Gasteiger partial charge >= 0.3 is 10.4 Å². The Hall–Kier alpha value is 0.610. The molecule has 9 heteroatoms. The highest BCUT2D eigenvalue weighted by atomic mass is 35.6. The molecule has 0 radical (unpaired) electrons. The number of hydrogen-bond donors (Lipinski definition) is 1. The Balaban J connectivity index is 0. The van der Waals surface area contributed by atoms with E-state index in [-0.39, 0.29) is 0 Å². The Morgan fingerprint density at radius 3 is 1.58 bits per heavy atom. The van der Waals surface area contributed by atoms with Crippen LogP contribution in [0.4, 0.5) is 0 Å². The first-order chi connectivity index (χ1) is 5.06. The molecule has 0 aliphatic carbocycles. The monoisotopic (exact) mass is 276 g/mol. The van der Waals surface area contributed by atoms with E-state index in [4.69, 9.17) is 51.0 Å². The molecule has 4 nitrogen and oxygen atoms in total. The molecule has 0 aromatic heterocycles. The van der Waals surface area contributed by atoms with Crippen molar-refractivity contribution in [1.82, 2.24) is 0 Å². The minimum Gasteiger partial charge on any atom is -0.370 e. The zero-order valence-corrected chi connectivity index (χ0v) is 9.22. The number of halogens is 4. The Morgan fingerprint density at radius 2 is 1.58 bits per heavy atom. The fraction of sp³-hybridized carbons (Fsp3) is 0.333. The Bertz CT molecular complexity index is 211. The van der Waals surface area contributed by atoms with Crippen molar-refractivity contribution in [3.05, 3.63) is 12.8 Å². The molecule has 0 atom stereocenters. The molecule has 0 saturated heterocycles. The van der Waals surface area contributed by atoms with Crippen LogP contribution in [0, 0.1) is 0 Å². The van der Waals surface area contributed by atoms with Crippen LogP contribution in [0.15, 0.2) is 12.8 Å². The second-order valence-electron chi connectivity index (χ2n) is 1.12. The van der Waals surface area contributed by atoms with E-state index in [1.165, 1.54) is 0 Å². The van der Waals surface area contributed by atoms with Crippen LogP contribution >= 0.6 is 46.4 Å². The van der Waals surface area contributed by atoms with Crippen molar-refractivity contribution in [1.29, 1.82) is 0 Å². The molecule has 0 bridgehead atoms.